The fraction of sp³-hybridized carbons (Fsp3) is 0.588. The smallest absolute Gasteiger partial charge is 0.226 e. The average Bonchev–Trinajstić information content (AvgIpc) is 2.64. The van der Waals surface area contributed by atoms with E-state index in [4.69, 9.17) is 5.73 Å². The van der Waals surface area contributed by atoms with Crippen molar-refractivity contribution in [1.29, 1.82) is 0 Å². The molecule has 2 N–H and O–H groups in total. The molecule has 3 nitrogen and oxygen atoms in total. The highest BCUT2D eigenvalue weighted by Crippen LogP contribution is 2.24. The normalized spacial score (nSPS) is 19.9. The lowest BCUT2D eigenvalue weighted by Crippen LogP contribution is -2.33. The molecular formula is C17H26N2O. The highest BCUT2D eigenvalue weighted by Gasteiger charge is 2.22. The summed E-state index contributed by atoms with van der Waals surface area (Å²) in [4.78, 5) is 14.4. The summed E-state index contributed by atoms with van der Waals surface area (Å²) in [5.74, 6) is 1.72. The zero-order chi connectivity index (χ0) is 14.5. The van der Waals surface area contributed by atoms with Crippen molar-refractivity contribution in [1.82, 2.24) is 4.90 Å². The third-order valence-corrected chi connectivity index (χ3v) is 4.37. The summed E-state index contributed by atoms with van der Waals surface area (Å²) in [5, 5.41) is 0. The van der Waals surface area contributed by atoms with Crippen LogP contribution in [0, 0.1) is 11.8 Å². The highest BCUT2D eigenvalue weighted by atomic mass is 16.2. The first-order valence-electron chi connectivity index (χ1n) is 7.68. The summed E-state index contributed by atoms with van der Waals surface area (Å²) < 4.78 is 0. The summed E-state index contributed by atoms with van der Waals surface area (Å²) >= 11 is 0. The van der Waals surface area contributed by atoms with Crippen molar-refractivity contribution in [3.63, 3.8) is 0 Å². The molecule has 1 fully saturated rings. The number of nitrogen functional groups attached to an aromatic ring is 1. The van der Waals surface area contributed by atoms with Crippen LogP contribution in [0.3, 0.4) is 0 Å². The first kappa shape index (κ1) is 14.9. The van der Waals surface area contributed by atoms with E-state index in [0.717, 1.165) is 49.0 Å². The zero-order valence-corrected chi connectivity index (χ0v) is 12.6. The van der Waals surface area contributed by atoms with Crippen LogP contribution in [0.4, 0.5) is 5.69 Å². The zero-order valence-electron chi connectivity index (χ0n) is 12.6. The van der Waals surface area contributed by atoms with Crippen LogP contribution in [0.2, 0.25) is 0 Å². The Hall–Kier alpha value is -1.51. The van der Waals surface area contributed by atoms with Crippen molar-refractivity contribution in [2.75, 3.05) is 18.8 Å². The monoisotopic (exact) mass is 274 g/mol. The van der Waals surface area contributed by atoms with Gasteiger partial charge in [-0.15, -0.1) is 0 Å². The molecule has 1 amide bonds. The number of nitrogens with zero attached hydrogens (tertiary/aromatic N) is 1. The molecule has 1 aromatic carbocycles. The van der Waals surface area contributed by atoms with Gasteiger partial charge in [0, 0.05) is 18.8 Å². The van der Waals surface area contributed by atoms with E-state index in [-0.39, 0.29) is 5.91 Å². The average molecular weight is 274 g/mol. The fourth-order valence-electron chi connectivity index (χ4n) is 3.03. The molecule has 0 radical (unpaired) electrons. The SMILES string of the molecule is CC(C)C1CCCN(C(=O)Cc2cccc(N)c2)CC1. The van der Waals surface area contributed by atoms with Crippen LogP contribution in [0.15, 0.2) is 24.3 Å². The van der Waals surface area contributed by atoms with Gasteiger partial charge in [0.2, 0.25) is 5.91 Å². The minimum atomic E-state index is 0.236. The van der Waals surface area contributed by atoms with Crippen molar-refractivity contribution in [3.8, 4) is 0 Å². The third kappa shape index (κ3) is 3.99. The second kappa shape index (κ2) is 6.78. The standard InChI is InChI=1S/C17H26N2O/c1-13(2)15-6-4-9-19(10-8-15)17(20)12-14-5-3-7-16(18)11-14/h3,5,7,11,13,15H,4,6,8-10,12,18H2,1-2H3. The van der Waals surface area contributed by atoms with E-state index in [2.05, 4.69) is 13.8 Å². The Labute approximate surface area is 122 Å². The lowest BCUT2D eigenvalue weighted by Gasteiger charge is -2.21. The van der Waals surface area contributed by atoms with Gasteiger partial charge in [-0.1, -0.05) is 26.0 Å². The number of hydrogen-bond donors (Lipinski definition) is 1. The maximum Gasteiger partial charge on any atom is 0.226 e. The Morgan fingerprint density at radius 1 is 1.35 bits per heavy atom. The van der Waals surface area contributed by atoms with Crippen LogP contribution < -0.4 is 5.73 Å². The highest BCUT2D eigenvalue weighted by molar-refractivity contribution is 5.79. The molecule has 2 rings (SSSR count). The van der Waals surface area contributed by atoms with E-state index in [1.54, 1.807) is 0 Å². The quantitative estimate of drug-likeness (QED) is 0.861. The molecule has 0 saturated carbocycles. The van der Waals surface area contributed by atoms with Gasteiger partial charge in [0.25, 0.3) is 0 Å². The molecule has 1 atom stereocenters. The maximum atomic E-state index is 12.4. The minimum Gasteiger partial charge on any atom is -0.399 e. The summed E-state index contributed by atoms with van der Waals surface area (Å²) in [7, 11) is 0. The van der Waals surface area contributed by atoms with Crippen molar-refractivity contribution >= 4 is 11.6 Å². The van der Waals surface area contributed by atoms with E-state index in [0.29, 0.717) is 6.42 Å². The van der Waals surface area contributed by atoms with E-state index in [9.17, 15) is 4.79 Å². The van der Waals surface area contributed by atoms with Crippen LogP contribution in [-0.2, 0) is 11.2 Å². The molecule has 1 heterocycles. The summed E-state index contributed by atoms with van der Waals surface area (Å²) in [6.45, 7) is 6.39. The van der Waals surface area contributed by atoms with Crippen molar-refractivity contribution in [2.45, 2.75) is 39.5 Å². The van der Waals surface area contributed by atoms with Crippen LogP contribution in [0.5, 0.6) is 0 Å². The number of rotatable bonds is 3. The molecule has 0 aliphatic carbocycles. The molecular weight excluding hydrogens is 248 g/mol. The van der Waals surface area contributed by atoms with Gasteiger partial charge in [-0.2, -0.15) is 0 Å². The molecule has 110 valence electrons. The molecule has 1 aliphatic rings. The Morgan fingerprint density at radius 3 is 2.85 bits per heavy atom. The number of amides is 1. The summed E-state index contributed by atoms with van der Waals surface area (Å²) in [6, 6.07) is 7.64. The van der Waals surface area contributed by atoms with Gasteiger partial charge in [-0.05, 0) is 48.8 Å². The van der Waals surface area contributed by atoms with Crippen molar-refractivity contribution in [2.24, 2.45) is 11.8 Å². The second-order valence-corrected chi connectivity index (χ2v) is 6.24. The number of carbonyl (C=O) groups excluding carboxylic acids is 1. The van der Waals surface area contributed by atoms with Gasteiger partial charge >= 0.3 is 0 Å². The molecule has 20 heavy (non-hydrogen) atoms. The predicted molar refractivity (Wildman–Crippen MR) is 83.3 cm³/mol. The van der Waals surface area contributed by atoms with Crippen LogP contribution in [-0.4, -0.2) is 23.9 Å². The van der Waals surface area contributed by atoms with Crippen LogP contribution in [0.25, 0.3) is 0 Å². The summed E-state index contributed by atoms with van der Waals surface area (Å²) in [5.41, 5.74) is 7.51. The molecule has 0 spiro atoms. The van der Waals surface area contributed by atoms with E-state index in [1.807, 2.05) is 29.2 Å². The lowest BCUT2D eigenvalue weighted by molar-refractivity contribution is -0.130. The molecule has 1 saturated heterocycles. The van der Waals surface area contributed by atoms with Gasteiger partial charge in [-0.3, -0.25) is 4.79 Å². The van der Waals surface area contributed by atoms with E-state index < -0.39 is 0 Å². The molecule has 0 aromatic heterocycles. The Kier molecular flexibility index (Phi) is 5.05. The second-order valence-electron chi connectivity index (χ2n) is 6.24. The molecule has 0 bridgehead atoms. The first-order valence-corrected chi connectivity index (χ1v) is 7.68. The Bertz CT molecular complexity index is 456. The molecule has 1 aliphatic heterocycles. The van der Waals surface area contributed by atoms with Gasteiger partial charge in [0.1, 0.15) is 0 Å². The molecule has 3 heteroatoms. The van der Waals surface area contributed by atoms with Gasteiger partial charge < -0.3 is 10.6 Å². The molecule has 1 aromatic rings. The first-order chi connectivity index (χ1) is 9.56. The predicted octanol–water partition coefficient (Wildman–Crippen LogP) is 3.10. The Balaban J connectivity index is 1.92. The van der Waals surface area contributed by atoms with Crippen LogP contribution in [0.1, 0.15) is 38.7 Å². The number of nitrogens with two attached hydrogens (primary N) is 1. The molecule has 1 unspecified atom stereocenters. The van der Waals surface area contributed by atoms with Gasteiger partial charge in [-0.25, -0.2) is 0 Å². The van der Waals surface area contributed by atoms with Gasteiger partial charge in [0.15, 0.2) is 0 Å². The minimum absolute atomic E-state index is 0.236. The van der Waals surface area contributed by atoms with Crippen molar-refractivity contribution < 1.29 is 4.79 Å². The number of hydrogen-bond acceptors (Lipinski definition) is 2. The van der Waals surface area contributed by atoms with Crippen LogP contribution >= 0.6 is 0 Å². The lowest BCUT2D eigenvalue weighted by atomic mass is 9.89. The largest absolute Gasteiger partial charge is 0.399 e. The van der Waals surface area contributed by atoms with Gasteiger partial charge in [0.05, 0.1) is 6.42 Å². The summed E-state index contributed by atoms with van der Waals surface area (Å²) in [6.07, 6.45) is 3.99. The number of anilines is 1. The Morgan fingerprint density at radius 2 is 2.15 bits per heavy atom. The fourth-order valence-corrected chi connectivity index (χ4v) is 3.03. The number of likely N-dealkylation sites (tertiary alicyclic amines) is 1. The number of benzene rings is 1. The number of carbonyl (C=O) groups is 1. The van der Waals surface area contributed by atoms with Crippen molar-refractivity contribution in [3.05, 3.63) is 29.8 Å². The van der Waals surface area contributed by atoms with E-state index >= 15 is 0 Å². The maximum absolute atomic E-state index is 12.4. The topological polar surface area (TPSA) is 46.3 Å². The third-order valence-electron chi connectivity index (χ3n) is 4.37. The van der Waals surface area contributed by atoms with E-state index in [1.165, 1.54) is 6.42 Å².